The first-order chi connectivity index (χ1) is 0. The molecule has 0 atom stereocenters. The molecule has 0 aliphatic rings. The van der Waals surface area contributed by atoms with Crippen molar-refractivity contribution in [1.29, 1.82) is 0 Å². The van der Waals surface area contributed by atoms with Crippen molar-refractivity contribution in [3.05, 3.63) is 0 Å². The SMILES string of the molecule is Cl.S.[Cs].[Ga].[Mg]. The second-order valence-corrected chi connectivity index (χ2v) is 0. The summed E-state index contributed by atoms with van der Waals surface area (Å²) < 4.78 is 0. The van der Waals surface area contributed by atoms with Gasteiger partial charge in [0, 0.05) is 112 Å². The minimum atomic E-state index is 0. The summed E-state index contributed by atoms with van der Waals surface area (Å²) in [6.07, 6.45) is 0. The molecule has 5 heavy (non-hydrogen) atoms. The fourth-order valence-electron chi connectivity index (χ4n) is 0. The molecule has 0 nitrogen and oxygen atoms in total. The Kier molecular flexibility index (Phi) is 173. The molecule has 0 saturated heterocycles. The summed E-state index contributed by atoms with van der Waals surface area (Å²) in [5.74, 6) is 0. The average Bonchev–Trinajstić information content (AvgIpc) is 0. The molecule has 0 rings (SSSR count). The zero-order valence-corrected chi connectivity index (χ0v) is 15.1. The van der Waals surface area contributed by atoms with Gasteiger partial charge in [0.05, 0.1) is 0 Å². The maximum atomic E-state index is 0. The van der Waals surface area contributed by atoms with E-state index in [0.29, 0.717) is 0 Å². The van der Waals surface area contributed by atoms with E-state index in [0.717, 1.165) is 0 Å². The second kappa shape index (κ2) is 24.3. The van der Waals surface area contributed by atoms with Crippen LogP contribution in [0.4, 0.5) is 0 Å². The monoisotopic (exact) mass is 296 g/mol. The zero-order valence-electron chi connectivity index (χ0n) is 3.19. The quantitative estimate of drug-likeness (QED) is 0.524. The van der Waals surface area contributed by atoms with Crippen LogP contribution < -0.4 is 0 Å². The molecule has 0 spiro atoms. The van der Waals surface area contributed by atoms with Gasteiger partial charge < -0.3 is 0 Å². The van der Waals surface area contributed by atoms with Gasteiger partial charge in [-0.15, -0.1) is 12.4 Å². The summed E-state index contributed by atoms with van der Waals surface area (Å²) in [6.45, 7) is 0. The van der Waals surface area contributed by atoms with Gasteiger partial charge in [0.1, 0.15) is 0 Å². The minimum Gasteiger partial charge on any atom is -0.197 e. The first-order valence-corrected chi connectivity index (χ1v) is 0. The number of hydrogen-bond acceptors (Lipinski definition) is 0. The van der Waals surface area contributed by atoms with Crippen molar-refractivity contribution in [3.63, 3.8) is 0 Å². The summed E-state index contributed by atoms with van der Waals surface area (Å²) in [5, 5.41) is 0. The van der Waals surface area contributed by atoms with Gasteiger partial charge in [-0.2, -0.15) is 13.5 Å². The molecule has 22 valence electrons. The van der Waals surface area contributed by atoms with E-state index in [4.69, 9.17) is 0 Å². The van der Waals surface area contributed by atoms with Crippen LogP contribution in [0.5, 0.6) is 0 Å². The Morgan fingerprint density at radius 1 is 1.00 bits per heavy atom. The summed E-state index contributed by atoms with van der Waals surface area (Å²) in [7, 11) is 0. The van der Waals surface area contributed by atoms with E-state index in [2.05, 4.69) is 0 Å². The largest absolute Gasteiger partial charge is 0.197 e. The van der Waals surface area contributed by atoms with Crippen molar-refractivity contribution in [1.82, 2.24) is 0 Å². The van der Waals surface area contributed by atoms with Gasteiger partial charge in [0.15, 0.2) is 0 Å². The van der Waals surface area contributed by atoms with Crippen LogP contribution in [-0.4, -0.2) is 112 Å². The Morgan fingerprint density at radius 3 is 1.00 bits per heavy atom. The molecule has 0 amide bonds. The Labute approximate surface area is 133 Å². The van der Waals surface area contributed by atoms with Crippen LogP contribution in [0, 0.1) is 0 Å². The van der Waals surface area contributed by atoms with E-state index in [1.807, 2.05) is 0 Å². The Morgan fingerprint density at radius 2 is 1.00 bits per heavy atom. The van der Waals surface area contributed by atoms with Crippen molar-refractivity contribution >= 4 is 138 Å². The number of hydrogen-bond donors (Lipinski definition) is 0. The molecule has 0 heterocycles. The zero-order chi connectivity index (χ0) is 0. The van der Waals surface area contributed by atoms with E-state index >= 15 is 0 Å². The minimum absolute atomic E-state index is 0. The van der Waals surface area contributed by atoms with Gasteiger partial charge in [-0.25, -0.2) is 0 Å². The van der Waals surface area contributed by atoms with Crippen LogP contribution in [0.25, 0.3) is 0 Å². The smallest absolute Gasteiger partial charge is 0 e. The first kappa shape index (κ1) is 35.5. The molecule has 0 bridgehead atoms. The Balaban J connectivity index is 0. The van der Waals surface area contributed by atoms with Crippen LogP contribution in [0.2, 0.25) is 0 Å². The summed E-state index contributed by atoms with van der Waals surface area (Å²) in [6, 6.07) is 0. The van der Waals surface area contributed by atoms with Crippen molar-refractivity contribution < 1.29 is 0 Å². The van der Waals surface area contributed by atoms with E-state index in [-0.39, 0.29) is 138 Å². The molecule has 5 heteroatoms. The van der Waals surface area contributed by atoms with Crippen molar-refractivity contribution in [3.8, 4) is 0 Å². The molecule has 0 aliphatic carbocycles. The Hall–Kier alpha value is 4.09. The van der Waals surface area contributed by atoms with E-state index in [1.54, 1.807) is 0 Å². The molecule has 0 saturated carbocycles. The predicted octanol–water partition coefficient (Wildman–Crippen LogP) is -0.608. The van der Waals surface area contributed by atoms with E-state index < -0.39 is 0 Å². The maximum Gasteiger partial charge on any atom is 0 e. The van der Waals surface area contributed by atoms with Crippen LogP contribution >= 0.6 is 25.9 Å². The van der Waals surface area contributed by atoms with Gasteiger partial charge in [-0.1, -0.05) is 0 Å². The van der Waals surface area contributed by atoms with Crippen molar-refractivity contribution in [2.24, 2.45) is 0 Å². The molecule has 0 aliphatic heterocycles. The summed E-state index contributed by atoms with van der Waals surface area (Å²) in [4.78, 5) is 0. The molecular weight excluding hydrogens is 294 g/mol. The normalized spacial score (nSPS) is 0. The standard InChI is InChI=1S/ClH.Cs.Ga.Mg.H2S/h1H;;;;1H2. The molecule has 0 fully saturated rings. The van der Waals surface area contributed by atoms with Crippen LogP contribution in [-0.2, 0) is 0 Å². The third kappa shape index (κ3) is 17.9. The first-order valence-electron chi connectivity index (χ1n) is 0. The van der Waals surface area contributed by atoms with Gasteiger partial charge in [0.25, 0.3) is 0 Å². The van der Waals surface area contributed by atoms with Gasteiger partial charge in [0.2, 0.25) is 0 Å². The topological polar surface area (TPSA) is 0 Å². The van der Waals surface area contributed by atoms with Gasteiger partial charge in [-0.3, -0.25) is 0 Å². The van der Waals surface area contributed by atoms with Crippen LogP contribution in [0.1, 0.15) is 0 Å². The fraction of sp³-hybridized carbons (Fsp3) is 0. The van der Waals surface area contributed by atoms with E-state index in [1.165, 1.54) is 0 Å². The molecule has 0 unspecified atom stereocenters. The molecule has 0 aromatic rings. The summed E-state index contributed by atoms with van der Waals surface area (Å²) >= 11 is 0. The fourth-order valence-corrected chi connectivity index (χ4v) is 0. The van der Waals surface area contributed by atoms with Crippen molar-refractivity contribution in [2.75, 3.05) is 0 Å². The average molecular weight is 297 g/mol. The third-order valence-corrected chi connectivity index (χ3v) is 0. The van der Waals surface area contributed by atoms with E-state index in [9.17, 15) is 0 Å². The molecule has 0 aromatic carbocycles. The molecule has 0 N–H and O–H groups in total. The van der Waals surface area contributed by atoms with Gasteiger partial charge in [-0.05, 0) is 0 Å². The number of halogens is 1. The summed E-state index contributed by atoms with van der Waals surface area (Å²) in [5.41, 5.74) is 0. The predicted molar refractivity (Wildman–Crippen MR) is 34.9 cm³/mol. The number of rotatable bonds is 0. The van der Waals surface area contributed by atoms with Crippen LogP contribution in [0.15, 0.2) is 0 Å². The molecular formula is H3ClCsGaMgS. The molecule has 6 radical (unpaired) electrons. The second-order valence-electron chi connectivity index (χ2n) is 0. The molecule has 0 aromatic heterocycles. The Bertz CT molecular complexity index is 11.6. The van der Waals surface area contributed by atoms with Crippen molar-refractivity contribution in [2.45, 2.75) is 0 Å². The maximum absolute atomic E-state index is 0. The van der Waals surface area contributed by atoms with Gasteiger partial charge >= 0.3 is 0 Å². The van der Waals surface area contributed by atoms with Crippen LogP contribution in [0.3, 0.4) is 0 Å². The third-order valence-electron chi connectivity index (χ3n) is 0.